The number of carbonyl (C=O) groups excluding carboxylic acids is 1. The van der Waals surface area contributed by atoms with Crippen LogP contribution in [0.4, 0.5) is 5.69 Å². The molecule has 5 nitrogen and oxygen atoms in total. The second-order valence-electron chi connectivity index (χ2n) is 7.80. The highest BCUT2D eigenvalue weighted by Gasteiger charge is 2.13. The number of carbonyl (C=O) groups is 1. The van der Waals surface area contributed by atoms with E-state index in [1.165, 1.54) is 31.4 Å². The van der Waals surface area contributed by atoms with E-state index in [1.54, 1.807) is 12.1 Å². The first-order valence-corrected chi connectivity index (χ1v) is 10.5. The fraction of sp³-hybridized carbons (Fsp3) is 0.280. The molecule has 2 N–H and O–H groups in total. The lowest BCUT2D eigenvalue weighted by Gasteiger charge is -2.22. The number of hydrogen-bond acceptors (Lipinski definition) is 4. The molecule has 0 radical (unpaired) electrons. The maximum atomic E-state index is 12.6. The summed E-state index contributed by atoms with van der Waals surface area (Å²) in [5, 5.41) is 16.2. The minimum Gasteiger partial charge on any atom is -0.507 e. The molecular formula is C25H27N3O2. The number of benzene rings is 3. The number of rotatable bonds is 4. The van der Waals surface area contributed by atoms with E-state index < -0.39 is 5.91 Å². The number of hydrogen-bond donors (Lipinski definition) is 2. The molecule has 1 heterocycles. The van der Waals surface area contributed by atoms with Crippen molar-refractivity contribution in [1.29, 1.82) is 0 Å². The van der Waals surface area contributed by atoms with Gasteiger partial charge in [0.2, 0.25) is 0 Å². The van der Waals surface area contributed by atoms with E-state index >= 15 is 0 Å². The molecule has 5 heteroatoms. The molecule has 0 saturated carbocycles. The first kappa shape index (κ1) is 20.0. The lowest BCUT2D eigenvalue weighted by Crippen LogP contribution is -2.23. The van der Waals surface area contributed by atoms with Crippen LogP contribution in [0.2, 0.25) is 0 Å². The molecule has 0 aromatic heterocycles. The van der Waals surface area contributed by atoms with E-state index in [2.05, 4.69) is 27.6 Å². The summed E-state index contributed by atoms with van der Waals surface area (Å²) in [5.74, 6) is -0.486. The Kier molecular flexibility index (Phi) is 5.98. The summed E-state index contributed by atoms with van der Waals surface area (Å²) >= 11 is 0. The Morgan fingerprint density at radius 1 is 0.933 bits per heavy atom. The maximum absolute atomic E-state index is 12.6. The molecule has 3 aromatic carbocycles. The van der Waals surface area contributed by atoms with E-state index in [4.69, 9.17) is 0 Å². The molecule has 3 aromatic rings. The van der Waals surface area contributed by atoms with E-state index in [9.17, 15) is 9.90 Å². The Morgan fingerprint density at radius 2 is 1.57 bits per heavy atom. The monoisotopic (exact) mass is 401 g/mol. The van der Waals surface area contributed by atoms with Crippen LogP contribution in [0.15, 0.2) is 65.8 Å². The van der Waals surface area contributed by atoms with Crippen LogP contribution < -0.4 is 10.3 Å². The van der Waals surface area contributed by atoms with Gasteiger partial charge in [-0.2, -0.15) is 5.10 Å². The Hall–Kier alpha value is -3.34. The number of amides is 1. The van der Waals surface area contributed by atoms with Crippen molar-refractivity contribution in [2.24, 2.45) is 5.10 Å². The number of fused-ring (bicyclic) bond motifs is 1. The molecule has 0 bridgehead atoms. The van der Waals surface area contributed by atoms with Crippen LogP contribution in [-0.2, 0) is 0 Å². The molecular weight excluding hydrogens is 374 g/mol. The van der Waals surface area contributed by atoms with Crippen molar-refractivity contribution in [2.75, 3.05) is 18.0 Å². The van der Waals surface area contributed by atoms with Gasteiger partial charge in [-0.15, -0.1) is 0 Å². The summed E-state index contributed by atoms with van der Waals surface area (Å²) in [5.41, 5.74) is 5.68. The summed E-state index contributed by atoms with van der Waals surface area (Å²) in [4.78, 5) is 15.0. The first-order valence-electron chi connectivity index (χ1n) is 10.5. The standard InChI is InChI=1S/C25H27N3O2/c1-18(19-10-12-22(13-11-19)28-14-6-2-3-7-15-28)26-27-25(30)23-16-20-8-4-5-9-21(20)17-24(23)29/h4-5,8-13,16-17,29H,2-3,6-7,14-15H2,1H3,(H,27,30). The van der Waals surface area contributed by atoms with Gasteiger partial charge in [0.1, 0.15) is 5.75 Å². The maximum Gasteiger partial charge on any atom is 0.275 e. The second kappa shape index (κ2) is 8.99. The Labute approximate surface area is 177 Å². The zero-order valence-electron chi connectivity index (χ0n) is 17.3. The van der Waals surface area contributed by atoms with Crippen molar-refractivity contribution in [1.82, 2.24) is 5.43 Å². The predicted molar refractivity (Wildman–Crippen MR) is 122 cm³/mol. The van der Waals surface area contributed by atoms with E-state index in [-0.39, 0.29) is 11.3 Å². The van der Waals surface area contributed by atoms with Crippen LogP contribution in [-0.4, -0.2) is 29.8 Å². The first-order chi connectivity index (χ1) is 14.6. The van der Waals surface area contributed by atoms with Crippen LogP contribution in [0.1, 0.15) is 48.5 Å². The number of nitrogens with one attached hydrogen (secondary N) is 1. The number of phenols is 1. The third kappa shape index (κ3) is 4.46. The quantitative estimate of drug-likeness (QED) is 0.473. The van der Waals surface area contributed by atoms with Crippen molar-refractivity contribution in [3.8, 4) is 5.75 Å². The molecule has 0 atom stereocenters. The topological polar surface area (TPSA) is 64.9 Å². The van der Waals surface area contributed by atoms with E-state index in [1.807, 2.05) is 43.3 Å². The molecule has 0 spiro atoms. The Balaban J connectivity index is 1.46. The zero-order valence-corrected chi connectivity index (χ0v) is 17.3. The zero-order chi connectivity index (χ0) is 20.9. The number of aromatic hydroxyl groups is 1. The summed E-state index contributed by atoms with van der Waals surface area (Å²) in [6.07, 6.45) is 5.12. The van der Waals surface area contributed by atoms with Gasteiger partial charge in [0, 0.05) is 18.8 Å². The van der Waals surface area contributed by atoms with Gasteiger partial charge in [-0.05, 0) is 60.4 Å². The van der Waals surface area contributed by atoms with Crippen LogP contribution >= 0.6 is 0 Å². The molecule has 1 aliphatic rings. The van der Waals surface area contributed by atoms with Gasteiger partial charge < -0.3 is 10.0 Å². The molecule has 1 saturated heterocycles. The SMILES string of the molecule is CC(=NNC(=O)c1cc2ccccc2cc1O)c1ccc(N2CCCCCC2)cc1. The number of phenolic OH excluding ortho intramolecular Hbond substituents is 1. The lowest BCUT2D eigenvalue weighted by atomic mass is 10.1. The smallest absolute Gasteiger partial charge is 0.275 e. The van der Waals surface area contributed by atoms with Crippen molar-refractivity contribution in [2.45, 2.75) is 32.6 Å². The van der Waals surface area contributed by atoms with Crippen LogP contribution in [0, 0.1) is 0 Å². The molecule has 1 fully saturated rings. The summed E-state index contributed by atoms with van der Waals surface area (Å²) in [6.45, 7) is 4.08. The molecule has 154 valence electrons. The fourth-order valence-corrected chi connectivity index (χ4v) is 3.91. The van der Waals surface area contributed by atoms with Crippen molar-refractivity contribution in [3.63, 3.8) is 0 Å². The highest BCUT2D eigenvalue weighted by Crippen LogP contribution is 2.25. The second-order valence-corrected chi connectivity index (χ2v) is 7.80. The lowest BCUT2D eigenvalue weighted by molar-refractivity contribution is 0.0952. The molecule has 1 aliphatic heterocycles. The van der Waals surface area contributed by atoms with E-state index in [0.29, 0.717) is 5.71 Å². The minimum atomic E-state index is -0.432. The number of nitrogens with zero attached hydrogens (tertiary/aromatic N) is 2. The van der Waals surface area contributed by atoms with E-state index in [0.717, 1.165) is 29.4 Å². The van der Waals surface area contributed by atoms with Crippen molar-refractivity contribution < 1.29 is 9.90 Å². The van der Waals surface area contributed by atoms with Gasteiger partial charge in [0.15, 0.2) is 0 Å². The Bertz CT molecular complexity index is 1070. The summed E-state index contributed by atoms with van der Waals surface area (Å²) in [6, 6.07) is 19.2. The summed E-state index contributed by atoms with van der Waals surface area (Å²) < 4.78 is 0. The predicted octanol–water partition coefficient (Wildman–Crippen LogP) is 5.08. The van der Waals surface area contributed by atoms with Gasteiger partial charge >= 0.3 is 0 Å². The molecule has 30 heavy (non-hydrogen) atoms. The van der Waals surface area contributed by atoms with Crippen LogP contribution in [0.3, 0.4) is 0 Å². The van der Waals surface area contributed by atoms with Gasteiger partial charge in [-0.1, -0.05) is 49.2 Å². The van der Waals surface area contributed by atoms with Crippen LogP contribution in [0.25, 0.3) is 10.8 Å². The minimum absolute atomic E-state index is 0.0548. The van der Waals surface area contributed by atoms with Gasteiger partial charge in [-0.25, -0.2) is 5.43 Å². The Morgan fingerprint density at radius 3 is 2.23 bits per heavy atom. The highest BCUT2D eigenvalue weighted by atomic mass is 16.3. The molecule has 1 amide bonds. The number of hydrazone groups is 1. The molecule has 0 aliphatic carbocycles. The van der Waals surface area contributed by atoms with Gasteiger partial charge in [-0.3, -0.25) is 4.79 Å². The largest absolute Gasteiger partial charge is 0.507 e. The average Bonchev–Trinajstić information content (AvgIpc) is 3.06. The third-order valence-electron chi connectivity index (χ3n) is 5.69. The van der Waals surface area contributed by atoms with Gasteiger partial charge in [0.05, 0.1) is 11.3 Å². The number of anilines is 1. The third-order valence-corrected chi connectivity index (χ3v) is 5.69. The molecule has 4 rings (SSSR count). The average molecular weight is 402 g/mol. The summed E-state index contributed by atoms with van der Waals surface area (Å²) in [7, 11) is 0. The fourth-order valence-electron chi connectivity index (χ4n) is 3.91. The van der Waals surface area contributed by atoms with Crippen LogP contribution in [0.5, 0.6) is 5.75 Å². The van der Waals surface area contributed by atoms with Gasteiger partial charge in [0.25, 0.3) is 5.91 Å². The normalized spacial score (nSPS) is 15.1. The molecule has 0 unspecified atom stereocenters. The van der Waals surface area contributed by atoms with Crippen molar-refractivity contribution in [3.05, 3.63) is 71.8 Å². The van der Waals surface area contributed by atoms with Crippen molar-refractivity contribution >= 4 is 28.1 Å². The highest BCUT2D eigenvalue weighted by molar-refractivity contribution is 6.03.